The summed E-state index contributed by atoms with van der Waals surface area (Å²) >= 11 is -2.03. The van der Waals surface area contributed by atoms with Crippen molar-refractivity contribution in [1.82, 2.24) is 0 Å². The molecule has 0 radical (unpaired) electrons. The summed E-state index contributed by atoms with van der Waals surface area (Å²) in [7, 11) is 0. The van der Waals surface area contributed by atoms with E-state index in [2.05, 4.69) is 0 Å². The van der Waals surface area contributed by atoms with Crippen LogP contribution in [0, 0.1) is 94.0 Å². The molecule has 21 heavy (non-hydrogen) atoms. The van der Waals surface area contributed by atoms with Crippen molar-refractivity contribution in [3.8, 4) is 12.5 Å². The van der Waals surface area contributed by atoms with Crippen LogP contribution in [0.2, 0.25) is 0 Å². The van der Waals surface area contributed by atoms with Crippen LogP contribution in [0.3, 0.4) is 0 Å². The molecule has 0 aliphatic rings. The first kappa shape index (κ1) is 68.9. The Bertz CT molecular complexity index is 292. The molecule has 0 aromatic carbocycles. The summed E-state index contributed by atoms with van der Waals surface area (Å²) in [5, 5.41) is 65.0. The normalized spacial score (nSPS) is 1.81. The maximum atomic E-state index is 8.50. The van der Waals surface area contributed by atoms with E-state index in [0.717, 1.165) is 12.5 Å². The van der Waals surface area contributed by atoms with Crippen molar-refractivity contribution in [1.29, 1.82) is 42.1 Å². The third-order valence-corrected chi connectivity index (χ3v) is 0. The molecule has 0 rings (SSSR count). The molecule has 0 aromatic heterocycles. The molecule has 2 N–H and O–H groups in total. The number of aliphatic hydroxyl groups is 2. The standard InChI is InChI=1S/2CHNO.6CN.Mo.2O/c2*2-1-3;6*1-2;;;/h2*3H;;;;;;;;;/q;;6*-1;;;. The molecule has 0 saturated heterocycles. The molecule has 12 nitrogen and oxygen atoms in total. The SMILES string of the molecule is N#CO.N#CO.[C-]#N.[C-]#N.[C-]#N.[C-]#N.[C-]#N.[C-]#N.[O]=[Mo]=[O]. The summed E-state index contributed by atoms with van der Waals surface area (Å²) in [6.07, 6.45) is 1.50. The molecule has 0 amide bonds. The summed E-state index contributed by atoms with van der Waals surface area (Å²) < 4.78 is 17.0. The number of hydrogen-bond acceptors (Lipinski definition) is 12. The van der Waals surface area contributed by atoms with Crippen LogP contribution in [0.15, 0.2) is 0 Å². The van der Waals surface area contributed by atoms with Crippen molar-refractivity contribution in [3.05, 3.63) is 39.4 Å². The summed E-state index contributed by atoms with van der Waals surface area (Å²) in [6.45, 7) is 28.5. The Labute approximate surface area is 130 Å². The van der Waals surface area contributed by atoms with E-state index in [9.17, 15) is 0 Å². The van der Waals surface area contributed by atoms with Gasteiger partial charge in [-0.25, -0.2) is 0 Å². The molecule has 110 valence electrons. The molecule has 0 heterocycles. The van der Waals surface area contributed by atoms with Gasteiger partial charge in [0.25, 0.3) is 12.5 Å². The molecular formula is C8H2MoN8O4-6. The fourth-order valence-electron chi connectivity index (χ4n) is 0. The van der Waals surface area contributed by atoms with E-state index in [1.165, 1.54) is 0 Å². The molecule has 0 aromatic rings. The van der Waals surface area contributed by atoms with Crippen LogP contribution in [0.5, 0.6) is 0 Å². The van der Waals surface area contributed by atoms with Crippen LogP contribution in [-0.4, -0.2) is 10.2 Å². The van der Waals surface area contributed by atoms with Gasteiger partial charge >= 0.3 is 25.3 Å². The van der Waals surface area contributed by atoms with Gasteiger partial charge in [-0.2, -0.15) is 10.5 Å². The van der Waals surface area contributed by atoms with E-state index >= 15 is 0 Å². The number of nitriles is 2. The van der Waals surface area contributed by atoms with Gasteiger partial charge in [0, 0.05) is 0 Å². The van der Waals surface area contributed by atoms with Crippen molar-refractivity contribution in [2.75, 3.05) is 0 Å². The second-order valence-electron chi connectivity index (χ2n) is 0.268. The van der Waals surface area contributed by atoms with Gasteiger partial charge in [-0.3, -0.25) is 0 Å². The van der Waals surface area contributed by atoms with Crippen LogP contribution in [-0.2, 0) is 25.3 Å². The zero-order chi connectivity index (χ0) is 20.1. The average Bonchev–Trinajstić information content (AvgIpc) is 2.60. The first-order chi connectivity index (χ1) is 10.2. The van der Waals surface area contributed by atoms with E-state index in [-0.39, 0.29) is 0 Å². The average molecular weight is 370 g/mol. The van der Waals surface area contributed by atoms with Crippen LogP contribution >= 0.6 is 0 Å². The Morgan fingerprint density at radius 1 is 0.571 bits per heavy atom. The van der Waals surface area contributed by atoms with Gasteiger partial charge < -0.3 is 81.2 Å². The molecule has 0 aliphatic heterocycles. The van der Waals surface area contributed by atoms with Crippen molar-refractivity contribution in [3.63, 3.8) is 0 Å². The van der Waals surface area contributed by atoms with Gasteiger partial charge in [-0.1, -0.05) is 0 Å². The van der Waals surface area contributed by atoms with Crippen molar-refractivity contribution >= 4 is 0 Å². The Morgan fingerprint density at radius 2 is 0.571 bits per heavy atom. The van der Waals surface area contributed by atoms with Crippen LogP contribution < -0.4 is 0 Å². The van der Waals surface area contributed by atoms with Crippen LogP contribution in [0.1, 0.15) is 0 Å². The van der Waals surface area contributed by atoms with E-state index < -0.39 is 18.5 Å². The summed E-state index contributed by atoms with van der Waals surface area (Å²) in [4.78, 5) is 0. The first-order valence-electron chi connectivity index (χ1n) is 2.57. The molecule has 0 bridgehead atoms. The topological polar surface area (TPSA) is 265 Å². The molecule has 0 unspecified atom stereocenters. The fourth-order valence-corrected chi connectivity index (χ4v) is 0. The van der Waals surface area contributed by atoms with E-state index in [4.69, 9.17) is 98.5 Å². The van der Waals surface area contributed by atoms with E-state index in [1.807, 2.05) is 0 Å². The Morgan fingerprint density at radius 3 is 0.571 bits per heavy atom. The predicted octanol–water partition coefficient (Wildman–Crippen LogP) is 0.0181. The van der Waals surface area contributed by atoms with Crippen molar-refractivity contribution in [2.24, 2.45) is 0 Å². The van der Waals surface area contributed by atoms with Gasteiger partial charge in [0.15, 0.2) is 0 Å². The first-order valence-corrected chi connectivity index (χ1v) is 4.21. The third-order valence-electron chi connectivity index (χ3n) is 0. The summed E-state index contributed by atoms with van der Waals surface area (Å²) in [6, 6.07) is 0. The maximum absolute atomic E-state index is 8.50. The number of aliphatic hydroxyl groups excluding tert-OH is 2. The zero-order valence-electron chi connectivity index (χ0n) is 9.70. The monoisotopic (exact) mass is 372 g/mol. The van der Waals surface area contributed by atoms with Crippen LogP contribution in [0.4, 0.5) is 0 Å². The summed E-state index contributed by atoms with van der Waals surface area (Å²) in [5.74, 6) is 0. The number of rotatable bonds is 0. The Kier molecular flexibility index (Phi) is 8010. The molecule has 0 atom stereocenters. The van der Waals surface area contributed by atoms with Crippen molar-refractivity contribution in [2.45, 2.75) is 0 Å². The Balaban J connectivity index is -0.0000000111. The third kappa shape index (κ3) is 172. The molecule has 0 saturated carbocycles. The number of hydrogen-bond donors (Lipinski definition) is 2. The molecule has 0 aliphatic carbocycles. The zero-order valence-corrected chi connectivity index (χ0v) is 11.7. The molecular weight excluding hydrogens is 368 g/mol. The van der Waals surface area contributed by atoms with E-state index in [1.54, 1.807) is 0 Å². The van der Waals surface area contributed by atoms with Crippen molar-refractivity contribution < 1.29 is 35.5 Å². The fraction of sp³-hybridized carbons (Fsp3) is 0. The molecule has 0 fully saturated rings. The van der Waals surface area contributed by atoms with Gasteiger partial charge in [0.1, 0.15) is 0 Å². The Hall–Kier alpha value is -4.19. The predicted molar refractivity (Wildman–Crippen MR) is 46.3 cm³/mol. The quantitative estimate of drug-likeness (QED) is 0.324. The molecule has 0 spiro atoms. The van der Waals surface area contributed by atoms with Gasteiger partial charge in [0.05, 0.1) is 0 Å². The van der Waals surface area contributed by atoms with Crippen LogP contribution in [0.25, 0.3) is 0 Å². The second-order valence-corrected chi connectivity index (χ2v) is 0.603. The second kappa shape index (κ2) is 2440. The minimum absolute atomic E-state index is 0.750. The minimum atomic E-state index is -2.03. The molecule has 13 heteroatoms. The van der Waals surface area contributed by atoms with E-state index in [0.29, 0.717) is 0 Å². The number of nitrogens with zero attached hydrogens (tertiary/aromatic N) is 8. The van der Waals surface area contributed by atoms with Gasteiger partial charge in [-0.05, 0) is 0 Å². The van der Waals surface area contributed by atoms with Gasteiger partial charge in [0.2, 0.25) is 0 Å². The summed E-state index contributed by atoms with van der Waals surface area (Å²) in [5.41, 5.74) is 0. The van der Waals surface area contributed by atoms with Gasteiger partial charge in [-0.15, -0.1) is 0 Å².